The minimum absolute atomic E-state index is 0.0421. The zero-order valence-electron chi connectivity index (χ0n) is 24.6. The largest absolute Gasteiger partial charge is 0.508 e. The van der Waals surface area contributed by atoms with E-state index < -0.39 is 72.0 Å². The monoisotopic (exact) mass is 635 g/mol. The van der Waals surface area contributed by atoms with Crippen molar-refractivity contribution in [2.75, 3.05) is 4.90 Å². The maximum absolute atomic E-state index is 13.8. The lowest BCUT2D eigenvalue weighted by molar-refractivity contribution is -0.143. The summed E-state index contributed by atoms with van der Waals surface area (Å²) in [5.41, 5.74) is -0.588. The van der Waals surface area contributed by atoms with Gasteiger partial charge in [0.2, 0.25) is 11.8 Å². The number of benzene rings is 2. The van der Waals surface area contributed by atoms with Gasteiger partial charge in [-0.15, -0.1) is 0 Å². The molecule has 2 aromatic carbocycles. The van der Waals surface area contributed by atoms with Gasteiger partial charge in [0.05, 0.1) is 34.8 Å². The summed E-state index contributed by atoms with van der Waals surface area (Å²) in [6, 6.07) is 7.50. The number of phenols is 1. The Bertz CT molecular complexity index is 1520. The third kappa shape index (κ3) is 6.55. The highest BCUT2D eigenvalue weighted by molar-refractivity contribution is 6.43. The average molecular weight is 635 g/mol. The van der Waals surface area contributed by atoms with Crippen LogP contribution >= 0.6 is 0 Å². The molecule has 2 N–H and O–H groups in total. The number of carbonyl (C=O) groups is 2. The predicted molar refractivity (Wildman–Crippen MR) is 155 cm³/mol. The van der Waals surface area contributed by atoms with Crippen LogP contribution in [0.15, 0.2) is 59.2 Å². The number of nitrogens with zero attached hydrogens (tertiary/aromatic N) is 1. The molecule has 1 aliphatic carbocycles. The van der Waals surface area contributed by atoms with Gasteiger partial charge in [0.25, 0.3) is 0 Å². The molecule has 2 aromatic rings. The zero-order chi connectivity index (χ0) is 32.8. The Morgan fingerprint density at radius 1 is 1.00 bits per heavy atom. The highest BCUT2D eigenvalue weighted by Gasteiger charge is 2.57. The van der Waals surface area contributed by atoms with Gasteiger partial charge in [0.15, 0.2) is 0 Å². The molecule has 240 valence electrons. The maximum atomic E-state index is 13.8. The highest BCUT2D eigenvalue weighted by Crippen LogP contribution is 2.52. The van der Waals surface area contributed by atoms with E-state index in [0.717, 1.165) is 22.3 Å². The van der Waals surface area contributed by atoms with E-state index in [1.165, 1.54) is 0 Å². The van der Waals surface area contributed by atoms with Gasteiger partial charge in [-0.25, -0.2) is 4.90 Å². The number of imide groups is 1. The molecule has 5 rings (SSSR count). The van der Waals surface area contributed by atoms with Crippen molar-refractivity contribution in [1.29, 1.82) is 0 Å². The molecule has 0 bridgehead atoms. The number of anilines is 1. The van der Waals surface area contributed by atoms with E-state index in [1.54, 1.807) is 18.2 Å². The highest BCUT2D eigenvalue weighted by atomic mass is 19.4. The topological polar surface area (TPSA) is 87.1 Å². The first kappa shape index (κ1) is 32.8. The molecule has 4 atom stereocenters. The molecule has 45 heavy (non-hydrogen) atoms. The second-order valence-electron chi connectivity index (χ2n) is 11.7. The van der Waals surface area contributed by atoms with Crippen LogP contribution in [0.1, 0.15) is 62.6 Å². The van der Waals surface area contributed by atoms with Crippen LogP contribution in [0.25, 0.3) is 6.08 Å². The Hall–Kier alpha value is -3.58. The quantitative estimate of drug-likeness (QED) is 0.143. The Balaban J connectivity index is 1.47. The summed E-state index contributed by atoms with van der Waals surface area (Å²) in [4.78, 5) is 27.9. The fourth-order valence-corrected chi connectivity index (χ4v) is 6.94. The zero-order valence-corrected chi connectivity index (χ0v) is 24.6. The molecular weight excluding hydrogens is 603 g/mol. The van der Waals surface area contributed by atoms with Crippen LogP contribution in [0.3, 0.4) is 0 Å². The van der Waals surface area contributed by atoms with Crippen molar-refractivity contribution < 1.29 is 50.7 Å². The molecule has 2 saturated heterocycles. The number of rotatable bonds is 7. The van der Waals surface area contributed by atoms with Crippen LogP contribution in [0.4, 0.5) is 32.0 Å². The standard InChI is InChI=1S/C32H32BF6NO5/c1-3-17(10-18-6-5-7-23(41)11-18)8-9-26-27-19(4-2)12-24-28(25(27)16-33(44)45-26)30(43)40(29(24)42)22-14-20(31(34,35)36)13-21(15-22)32(37,38)39/h5-7,10-11,13-15,24-26,28,41,44H,3-4,8-9,12,16H2,1-2H3/b17-10+/t24-,25+,26-,28-/m1/s1. The second-order valence-corrected chi connectivity index (χ2v) is 11.7. The second kappa shape index (κ2) is 12.3. The van der Waals surface area contributed by atoms with Crippen LogP contribution in [0, 0.1) is 17.8 Å². The van der Waals surface area contributed by atoms with E-state index in [4.69, 9.17) is 4.65 Å². The number of alkyl halides is 6. The summed E-state index contributed by atoms with van der Waals surface area (Å²) in [5, 5.41) is 20.5. The molecular formula is C32H32BF6NO5. The number of amides is 2. The minimum Gasteiger partial charge on any atom is -0.508 e. The minimum atomic E-state index is -5.15. The number of hydrogen-bond donors (Lipinski definition) is 2. The summed E-state index contributed by atoms with van der Waals surface area (Å²) < 4.78 is 87.5. The summed E-state index contributed by atoms with van der Waals surface area (Å²) in [5.74, 6) is -4.36. The molecule has 0 aromatic heterocycles. The van der Waals surface area contributed by atoms with Crippen molar-refractivity contribution in [2.45, 2.75) is 70.7 Å². The molecule has 2 amide bonds. The van der Waals surface area contributed by atoms with Gasteiger partial charge in [-0.1, -0.05) is 43.2 Å². The molecule has 13 heteroatoms. The van der Waals surface area contributed by atoms with E-state index >= 15 is 0 Å². The van der Waals surface area contributed by atoms with Gasteiger partial charge in [0, 0.05) is 0 Å². The summed E-state index contributed by atoms with van der Waals surface area (Å²) in [7, 11) is -1.29. The number of allylic oxidation sites excluding steroid dienone is 2. The first-order valence-electron chi connectivity index (χ1n) is 14.8. The Morgan fingerprint density at radius 3 is 2.24 bits per heavy atom. The van der Waals surface area contributed by atoms with Crippen LogP contribution < -0.4 is 4.90 Å². The molecule has 2 heterocycles. The normalized spacial score (nSPS) is 24.3. The van der Waals surface area contributed by atoms with Gasteiger partial charge in [-0.05, 0) is 85.8 Å². The first-order chi connectivity index (χ1) is 21.1. The lowest BCUT2D eigenvalue weighted by Gasteiger charge is -2.43. The van der Waals surface area contributed by atoms with Crippen molar-refractivity contribution in [3.05, 3.63) is 75.9 Å². The molecule has 2 fully saturated rings. The molecule has 0 saturated carbocycles. The SMILES string of the molecule is CCC1=C2[C@@H](CC/C(=C/c3cccc(O)c3)CC)OB(O)C[C@@H]2[C@@H]2C(=O)N(c3cc(C(F)(F)F)cc(C(F)(F)F)c3)C(=O)[C@@H]2C1. The Labute approximate surface area is 256 Å². The van der Waals surface area contributed by atoms with Gasteiger partial charge in [0.1, 0.15) is 5.75 Å². The molecule has 0 radical (unpaired) electrons. The molecule has 0 unspecified atom stereocenters. The van der Waals surface area contributed by atoms with Gasteiger partial charge < -0.3 is 14.8 Å². The van der Waals surface area contributed by atoms with Gasteiger partial charge in [-0.2, -0.15) is 26.3 Å². The van der Waals surface area contributed by atoms with E-state index in [0.29, 0.717) is 42.7 Å². The van der Waals surface area contributed by atoms with Crippen molar-refractivity contribution in [3.63, 3.8) is 0 Å². The Kier molecular flexibility index (Phi) is 8.98. The number of fused-ring (bicyclic) bond motifs is 3. The van der Waals surface area contributed by atoms with E-state index in [1.807, 2.05) is 26.0 Å². The number of aromatic hydroxyl groups is 1. The maximum Gasteiger partial charge on any atom is 0.455 e. The van der Waals surface area contributed by atoms with Crippen molar-refractivity contribution in [1.82, 2.24) is 0 Å². The number of carbonyl (C=O) groups excluding carboxylic acids is 2. The molecule has 2 aliphatic heterocycles. The predicted octanol–water partition coefficient (Wildman–Crippen LogP) is 7.42. The van der Waals surface area contributed by atoms with E-state index in [2.05, 4.69) is 0 Å². The molecule has 0 spiro atoms. The molecule has 6 nitrogen and oxygen atoms in total. The fourth-order valence-electron chi connectivity index (χ4n) is 6.94. The number of hydrogen-bond acceptors (Lipinski definition) is 5. The third-order valence-corrected chi connectivity index (χ3v) is 8.99. The van der Waals surface area contributed by atoms with Gasteiger partial charge in [-0.3, -0.25) is 9.59 Å². The van der Waals surface area contributed by atoms with Crippen molar-refractivity contribution in [2.24, 2.45) is 17.8 Å². The summed E-state index contributed by atoms with van der Waals surface area (Å²) in [6.07, 6.45) is -6.75. The number of halogens is 6. The first-order valence-corrected chi connectivity index (χ1v) is 14.8. The van der Waals surface area contributed by atoms with Crippen LogP contribution in [-0.4, -0.2) is 35.2 Å². The van der Waals surface area contributed by atoms with Crippen LogP contribution in [-0.2, 0) is 26.6 Å². The summed E-state index contributed by atoms with van der Waals surface area (Å²) in [6.45, 7) is 3.84. The van der Waals surface area contributed by atoms with Gasteiger partial charge >= 0.3 is 19.5 Å². The van der Waals surface area contributed by atoms with E-state index in [-0.39, 0.29) is 24.6 Å². The third-order valence-electron chi connectivity index (χ3n) is 8.99. The fraction of sp³-hybridized carbons (Fsp3) is 0.438. The number of phenolic OH excluding ortho intramolecular Hbond substituents is 1. The van der Waals surface area contributed by atoms with E-state index in [9.17, 15) is 46.1 Å². The lowest BCUT2D eigenvalue weighted by Crippen LogP contribution is -2.46. The Morgan fingerprint density at radius 2 is 1.67 bits per heavy atom. The van der Waals surface area contributed by atoms with Crippen molar-refractivity contribution >= 4 is 30.7 Å². The van der Waals surface area contributed by atoms with Crippen LogP contribution in [0.2, 0.25) is 6.32 Å². The molecule has 3 aliphatic rings. The van der Waals surface area contributed by atoms with Crippen LogP contribution in [0.5, 0.6) is 5.75 Å². The lowest BCUT2D eigenvalue weighted by atomic mass is 9.58. The smallest absolute Gasteiger partial charge is 0.455 e. The van der Waals surface area contributed by atoms with Crippen molar-refractivity contribution in [3.8, 4) is 5.75 Å². The average Bonchev–Trinajstić information content (AvgIpc) is 3.22. The summed E-state index contributed by atoms with van der Waals surface area (Å²) >= 11 is 0.